The highest BCUT2D eigenvalue weighted by atomic mass is 35.5. The number of benzene rings is 2. The summed E-state index contributed by atoms with van der Waals surface area (Å²) in [5.74, 6) is -1.13. The molecule has 0 bridgehead atoms. The van der Waals surface area contributed by atoms with Gasteiger partial charge in [0.15, 0.2) is 0 Å². The predicted octanol–water partition coefficient (Wildman–Crippen LogP) is 6.05. The van der Waals surface area contributed by atoms with E-state index in [0.29, 0.717) is 27.2 Å². The van der Waals surface area contributed by atoms with Crippen LogP contribution in [0, 0.1) is 18.3 Å². The highest BCUT2D eigenvalue weighted by Gasteiger charge is 2.37. The zero-order valence-corrected chi connectivity index (χ0v) is 21.8. The number of dihydropyridines is 1. The molecule has 1 aromatic heterocycles. The smallest absolute Gasteiger partial charge is 0.337 e. The van der Waals surface area contributed by atoms with Crippen LogP contribution in [0.5, 0.6) is 0 Å². The number of nitrogens with one attached hydrogen (secondary N) is 2. The molecule has 0 saturated carbocycles. The molecule has 2 aromatic carbocycles. The van der Waals surface area contributed by atoms with Gasteiger partial charge in [0, 0.05) is 16.4 Å². The third kappa shape index (κ3) is 6.26. The monoisotopic (exact) mass is 533 g/mol. The van der Waals surface area contributed by atoms with Gasteiger partial charge in [0.1, 0.15) is 12.4 Å². The Bertz CT molecular complexity index is 1410. The van der Waals surface area contributed by atoms with Gasteiger partial charge >= 0.3 is 5.97 Å². The summed E-state index contributed by atoms with van der Waals surface area (Å²) >= 11 is 7.32. The average molecular weight is 534 g/mol. The number of halogens is 1. The quantitative estimate of drug-likeness (QED) is 0.339. The largest absolute Gasteiger partial charge is 0.468 e. The second-order valence-electron chi connectivity index (χ2n) is 8.33. The first kappa shape index (κ1) is 26.1. The minimum Gasteiger partial charge on any atom is -0.468 e. The summed E-state index contributed by atoms with van der Waals surface area (Å²) in [6, 6.07) is 20.2. The predicted molar refractivity (Wildman–Crippen MR) is 143 cm³/mol. The summed E-state index contributed by atoms with van der Waals surface area (Å²) in [6.45, 7) is 3.71. The minimum absolute atomic E-state index is 0.0327. The van der Waals surface area contributed by atoms with Crippen LogP contribution in [0.3, 0.4) is 0 Å². The Morgan fingerprint density at radius 1 is 1.16 bits per heavy atom. The molecule has 7 nitrogen and oxygen atoms in total. The summed E-state index contributed by atoms with van der Waals surface area (Å²) in [5.41, 5.74) is 3.41. The number of aryl methyl sites for hydroxylation is 1. The maximum atomic E-state index is 13.2. The number of rotatable bonds is 8. The van der Waals surface area contributed by atoms with Crippen molar-refractivity contribution in [2.45, 2.75) is 26.4 Å². The van der Waals surface area contributed by atoms with E-state index in [1.54, 1.807) is 31.2 Å². The van der Waals surface area contributed by atoms with Crippen molar-refractivity contribution in [2.75, 3.05) is 11.1 Å². The lowest BCUT2D eigenvalue weighted by atomic mass is 9.86. The molecule has 9 heteroatoms. The molecular weight excluding hydrogens is 510 g/mol. The van der Waals surface area contributed by atoms with Crippen molar-refractivity contribution in [3.05, 3.63) is 111 Å². The van der Waals surface area contributed by atoms with Gasteiger partial charge in [0.2, 0.25) is 5.91 Å². The van der Waals surface area contributed by atoms with Crippen molar-refractivity contribution in [2.24, 2.45) is 0 Å². The van der Waals surface area contributed by atoms with Crippen molar-refractivity contribution >= 4 is 40.9 Å². The summed E-state index contributed by atoms with van der Waals surface area (Å²) in [7, 11) is 0. The van der Waals surface area contributed by atoms with Gasteiger partial charge in [-0.2, -0.15) is 5.26 Å². The van der Waals surface area contributed by atoms with Gasteiger partial charge in [-0.15, -0.1) is 0 Å². The Morgan fingerprint density at radius 3 is 2.62 bits per heavy atom. The number of carbonyl (C=O) groups is 2. The first-order chi connectivity index (χ1) is 17.9. The Kier molecular flexibility index (Phi) is 8.39. The Hall–Kier alpha value is -3.93. The van der Waals surface area contributed by atoms with Gasteiger partial charge in [0.25, 0.3) is 0 Å². The third-order valence-corrected chi connectivity index (χ3v) is 7.14. The van der Waals surface area contributed by atoms with Crippen LogP contribution in [0.2, 0.25) is 5.02 Å². The van der Waals surface area contributed by atoms with E-state index in [2.05, 4.69) is 16.7 Å². The number of ether oxygens (including phenoxy) is 1. The molecule has 0 aliphatic carbocycles. The lowest BCUT2D eigenvalue weighted by Crippen LogP contribution is -2.29. The highest BCUT2D eigenvalue weighted by Crippen LogP contribution is 2.41. The van der Waals surface area contributed by atoms with Crippen LogP contribution in [0.4, 0.5) is 5.69 Å². The second kappa shape index (κ2) is 11.9. The van der Waals surface area contributed by atoms with Crippen LogP contribution in [0.1, 0.15) is 29.7 Å². The van der Waals surface area contributed by atoms with E-state index in [0.717, 1.165) is 11.1 Å². The van der Waals surface area contributed by atoms with Crippen molar-refractivity contribution in [3.63, 3.8) is 0 Å². The van der Waals surface area contributed by atoms with E-state index in [4.69, 9.17) is 20.8 Å². The van der Waals surface area contributed by atoms with E-state index in [1.807, 2.05) is 43.3 Å². The molecule has 0 radical (unpaired) electrons. The molecule has 1 aliphatic heterocycles. The fourth-order valence-corrected chi connectivity index (χ4v) is 4.92. The van der Waals surface area contributed by atoms with E-state index in [1.165, 1.54) is 18.0 Å². The molecule has 1 amide bonds. The maximum Gasteiger partial charge on any atom is 0.337 e. The van der Waals surface area contributed by atoms with Gasteiger partial charge in [-0.05, 0) is 49.2 Å². The number of hydrogen-bond acceptors (Lipinski definition) is 7. The summed E-state index contributed by atoms with van der Waals surface area (Å²) in [4.78, 5) is 25.8. The van der Waals surface area contributed by atoms with Crippen molar-refractivity contribution in [3.8, 4) is 6.07 Å². The van der Waals surface area contributed by atoms with Crippen LogP contribution in [-0.2, 0) is 20.9 Å². The SMILES string of the molecule is CC1=C(C(=O)OCc2ccccc2)[C@H](c2ccco2)C(C#N)=C(SCC(=O)Nc2ccc(C)c(Cl)c2)N1. The number of thioether (sulfide) groups is 1. The summed E-state index contributed by atoms with van der Waals surface area (Å²) in [6.07, 6.45) is 1.49. The third-order valence-electron chi connectivity index (χ3n) is 5.71. The zero-order chi connectivity index (χ0) is 26.4. The van der Waals surface area contributed by atoms with Crippen LogP contribution in [-0.4, -0.2) is 17.6 Å². The molecule has 37 heavy (non-hydrogen) atoms. The highest BCUT2D eigenvalue weighted by molar-refractivity contribution is 8.03. The van der Waals surface area contributed by atoms with Crippen LogP contribution >= 0.6 is 23.4 Å². The normalized spacial score (nSPS) is 15.1. The fourth-order valence-electron chi connectivity index (χ4n) is 3.84. The summed E-state index contributed by atoms with van der Waals surface area (Å²) < 4.78 is 11.2. The first-order valence-electron chi connectivity index (χ1n) is 11.4. The van der Waals surface area contributed by atoms with Gasteiger partial charge in [-0.3, -0.25) is 4.79 Å². The van der Waals surface area contributed by atoms with Gasteiger partial charge in [-0.25, -0.2) is 4.79 Å². The fraction of sp³-hybridized carbons (Fsp3) is 0.179. The number of anilines is 1. The molecule has 1 atom stereocenters. The lowest BCUT2D eigenvalue weighted by molar-refractivity contribution is -0.140. The number of amides is 1. The average Bonchev–Trinajstić information content (AvgIpc) is 3.43. The Morgan fingerprint density at radius 2 is 1.95 bits per heavy atom. The van der Waals surface area contributed by atoms with Gasteiger partial charge in [-0.1, -0.05) is 59.8 Å². The topological polar surface area (TPSA) is 104 Å². The van der Waals surface area contributed by atoms with Crippen LogP contribution < -0.4 is 10.6 Å². The summed E-state index contributed by atoms with van der Waals surface area (Å²) in [5, 5.41) is 17.1. The minimum atomic E-state index is -0.772. The number of carbonyl (C=O) groups excluding carboxylic acids is 2. The molecule has 0 spiro atoms. The van der Waals surface area contributed by atoms with Crippen molar-refractivity contribution < 1.29 is 18.7 Å². The Balaban J connectivity index is 1.53. The second-order valence-corrected chi connectivity index (χ2v) is 9.72. The maximum absolute atomic E-state index is 13.2. The van der Waals surface area contributed by atoms with E-state index in [-0.39, 0.29) is 29.4 Å². The number of hydrogen-bond donors (Lipinski definition) is 2. The molecule has 0 unspecified atom stereocenters. The van der Waals surface area contributed by atoms with E-state index < -0.39 is 11.9 Å². The van der Waals surface area contributed by atoms with Crippen molar-refractivity contribution in [1.82, 2.24) is 5.32 Å². The first-order valence-corrected chi connectivity index (χ1v) is 12.8. The number of nitrogens with zero attached hydrogens (tertiary/aromatic N) is 1. The van der Waals surface area contributed by atoms with Gasteiger partial charge in [0.05, 0.1) is 40.2 Å². The molecule has 188 valence electrons. The number of esters is 1. The molecule has 0 fully saturated rings. The van der Waals surface area contributed by atoms with Gasteiger partial charge < -0.3 is 19.8 Å². The molecule has 2 heterocycles. The van der Waals surface area contributed by atoms with E-state index in [9.17, 15) is 14.9 Å². The molecule has 0 saturated heterocycles. The standard InChI is InChI=1S/C28H24ClN3O4S/c1-17-10-11-20(13-22(17)29)32-24(33)16-37-27-21(14-30)26(23-9-6-12-35-23)25(18(2)31-27)28(34)36-15-19-7-4-3-5-8-19/h3-13,26,31H,15-16H2,1-2H3,(H,32,33)/t26-/m0/s1. The Labute approximate surface area is 224 Å². The number of nitriles is 1. The zero-order valence-electron chi connectivity index (χ0n) is 20.2. The molecule has 4 rings (SSSR count). The lowest BCUT2D eigenvalue weighted by Gasteiger charge is -2.28. The molecule has 3 aromatic rings. The molecule has 2 N–H and O–H groups in total. The number of furan rings is 1. The molecule has 1 aliphatic rings. The van der Waals surface area contributed by atoms with Crippen LogP contribution in [0.15, 0.2) is 93.2 Å². The molecular formula is C28H24ClN3O4S. The van der Waals surface area contributed by atoms with Crippen LogP contribution in [0.25, 0.3) is 0 Å². The van der Waals surface area contributed by atoms with Crippen molar-refractivity contribution in [1.29, 1.82) is 5.26 Å². The number of allylic oxidation sites excluding steroid dienone is 2. The van der Waals surface area contributed by atoms with E-state index >= 15 is 0 Å².